The summed E-state index contributed by atoms with van der Waals surface area (Å²) < 4.78 is 0. The number of hydrogen-bond donors (Lipinski definition) is 1. The molecule has 1 aliphatic rings. The van der Waals surface area contributed by atoms with E-state index >= 15 is 0 Å². The Hall–Kier alpha value is -1.65. The molecule has 0 aromatic carbocycles. The highest BCUT2D eigenvalue weighted by Crippen LogP contribution is 2.12. The molecule has 0 unspecified atom stereocenters. The minimum Gasteiger partial charge on any atom is -0.349 e. The Morgan fingerprint density at radius 1 is 1.25 bits per heavy atom. The summed E-state index contributed by atoms with van der Waals surface area (Å²) in [6, 6.07) is 0. The number of H-pyrrole nitrogens is 1. The van der Waals surface area contributed by atoms with Crippen LogP contribution in [0.15, 0.2) is 12.4 Å². The van der Waals surface area contributed by atoms with Gasteiger partial charge in [-0.3, -0.25) is 14.5 Å². The molecule has 1 N–H and O–H groups in total. The van der Waals surface area contributed by atoms with Crippen molar-refractivity contribution in [3.63, 3.8) is 0 Å². The van der Waals surface area contributed by atoms with Gasteiger partial charge in [-0.25, -0.2) is 4.98 Å². The van der Waals surface area contributed by atoms with Gasteiger partial charge in [0.2, 0.25) is 11.8 Å². The molecule has 0 aliphatic carbocycles. The quantitative estimate of drug-likeness (QED) is 0.770. The van der Waals surface area contributed by atoms with Crippen LogP contribution >= 0.6 is 0 Å². The number of nitrogens with zero attached hydrogens (tertiary/aromatic N) is 2. The molecule has 1 fully saturated rings. The average Bonchev–Trinajstić information content (AvgIpc) is 2.72. The second-order valence-corrected chi connectivity index (χ2v) is 3.93. The van der Waals surface area contributed by atoms with Crippen LogP contribution in [-0.4, -0.2) is 33.2 Å². The molecule has 2 amide bonds. The van der Waals surface area contributed by atoms with E-state index in [-0.39, 0.29) is 11.8 Å². The SMILES string of the molecule is O=C1CCCCC(=O)N1CCc1ncc[nH]1. The molecule has 0 bridgehead atoms. The monoisotopic (exact) mass is 221 g/mol. The molecule has 1 aromatic heterocycles. The Morgan fingerprint density at radius 2 is 1.94 bits per heavy atom. The van der Waals surface area contributed by atoms with Gasteiger partial charge in [0.25, 0.3) is 0 Å². The summed E-state index contributed by atoms with van der Waals surface area (Å²) >= 11 is 0. The third-order valence-electron chi connectivity index (χ3n) is 2.76. The molecule has 1 saturated heterocycles. The normalized spacial score (nSPS) is 17.6. The van der Waals surface area contributed by atoms with Crippen LogP contribution in [0.1, 0.15) is 31.5 Å². The highest BCUT2D eigenvalue weighted by atomic mass is 16.2. The van der Waals surface area contributed by atoms with E-state index in [1.807, 2.05) is 0 Å². The van der Waals surface area contributed by atoms with Crippen LogP contribution in [0.5, 0.6) is 0 Å². The zero-order valence-corrected chi connectivity index (χ0v) is 9.11. The fourth-order valence-electron chi connectivity index (χ4n) is 1.86. The number of carbonyl (C=O) groups excluding carboxylic acids is 2. The van der Waals surface area contributed by atoms with Crippen molar-refractivity contribution in [2.24, 2.45) is 0 Å². The molecular formula is C11H15N3O2. The van der Waals surface area contributed by atoms with Gasteiger partial charge in [-0.1, -0.05) is 0 Å². The van der Waals surface area contributed by atoms with Crippen LogP contribution in [-0.2, 0) is 16.0 Å². The fourth-order valence-corrected chi connectivity index (χ4v) is 1.86. The van der Waals surface area contributed by atoms with Crippen molar-refractivity contribution in [3.05, 3.63) is 18.2 Å². The van der Waals surface area contributed by atoms with E-state index < -0.39 is 0 Å². The predicted molar refractivity (Wildman–Crippen MR) is 57.5 cm³/mol. The molecule has 0 radical (unpaired) electrons. The van der Waals surface area contributed by atoms with Crippen LogP contribution in [0.3, 0.4) is 0 Å². The topological polar surface area (TPSA) is 66.1 Å². The Labute approximate surface area is 93.9 Å². The van der Waals surface area contributed by atoms with E-state index in [4.69, 9.17) is 0 Å². The van der Waals surface area contributed by atoms with Gasteiger partial charge in [-0.15, -0.1) is 0 Å². The largest absolute Gasteiger partial charge is 0.349 e. The summed E-state index contributed by atoms with van der Waals surface area (Å²) in [6.07, 6.45) is 6.63. The highest BCUT2D eigenvalue weighted by molar-refractivity contribution is 5.95. The molecule has 1 aromatic rings. The second kappa shape index (κ2) is 4.92. The van der Waals surface area contributed by atoms with Crippen molar-refractivity contribution >= 4 is 11.8 Å². The van der Waals surface area contributed by atoms with Crippen molar-refractivity contribution in [3.8, 4) is 0 Å². The third-order valence-corrected chi connectivity index (χ3v) is 2.76. The first-order valence-electron chi connectivity index (χ1n) is 5.59. The van der Waals surface area contributed by atoms with Crippen LogP contribution in [0.2, 0.25) is 0 Å². The number of nitrogens with one attached hydrogen (secondary N) is 1. The minimum atomic E-state index is -0.0472. The van der Waals surface area contributed by atoms with Crippen molar-refractivity contribution in [1.29, 1.82) is 0 Å². The van der Waals surface area contributed by atoms with E-state index in [9.17, 15) is 9.59 Å². The molecular weight excluding hydrogens is 206 g/mol. The number of rotatable bonds is 3. The first-order chi connectivity index (χ1) is 7.77. The van der Waals surface area contributed by atoms with Crippen LogP contribution in [0.25, 0.3) is 0 Å². The first-order valence-corrected chi connectivity index (χ1v) is 5.59. The zero-order valence-electron chi connectivity index (χ0n) is 9.11. The van der Waals surface area contributed by atoms with Crippen molar-refractivity contribution in [1.82, 2.24) is 14.9 Å². The van der Waals surface area contributed by atoms with Gasteiger partial charge in [0.05, 0.1) is 0 Å². The van der Waals surface area contributed by atoms with Gasteiger partial charge >= 0.3 is 0 Å². The predicted octanol–water partition coefficient (Wildman–Crippen LogP) is 0.881. The lowest BCUT2D eigenvalue weighted by molar-refractivity contribution is -0.143. The molecule has 2 heterocycles. The maximum Gasteiger partial charge on any atom is 0.229 e. The summed E-state index contributed by atoms with van der Waals surface area (Å²) in [5.74, 6) is 0.716. The summed E-state index contributed by atoms with van der Waals surface area (Å²) in [4.78, 5) is 31.7. The van der Waals surface area contributed by atoms with E-state index in [0.717, 1.165) is 18.7 Å². The van der Waals surface area contributed by atoms with Gasteiger partial charge < -0.3 is 4.98 Å². The van der Waals surface area contributed by atoms with Gasteiger partial charge in [0.15, 0.2) is 0 Å². The maximum absolute atomic E-state index is 11.7. The summed E-state index contributed by atoms with van der Waals surface area (Å²) in [5, 5.41) is 0. The molecule has 5 heteroatoms. The number of carbonyl (C=O) groups is 2. The van der Waals surface area contributed by atoms with E-state index in [2.05, 4.69) is 9.97 Å². The Kier molecular flexibility index (Phi) is 3.34. The van der Waals surface area contributed by atoms with Crippen molar-refractivity contribution in [2.75, 3.05) is 6.54 Å². The molecule has 0 atom stereocenters. The van der Waals surface area contributed by atoms with Crippen molar-refractivity contribution in [2.45, 2.75) is 32.1 Å². The van der Waals surface area contributed by atoms with Crippen LogP contribution in [0, 0.1) is 0 Å². The summed E-state index contributed by atoms with van der Waals surface area (Å²) in [6.45, 7) is 0.436. The first kappa shape index (κ1) is 10.9. The third kappa shape index (κ3) is 2.48. The number of imide groups is 1. The maximum atomic E-state index is 11.7. The van der Waals surface area contributed by atoms with E-state index in [1.165, 1.54) is 4.90 Å². The minimum absolute atomic E-state index is 0.0472. The second-order valence-electron chi connectivity index (χ2n) is 3.93. The molecule has 16 heavy (non-hydrogen) atoms. The molecule has 0 spiro atoms. The lowest BCUT2D eigenvalue weighted by Crippen LogP contribution is -2.36. The Bertz CT molecular complexity index is 355. The standard InChI is InChI=1S/C11H15N3O2/c15-10-3-1-2-4-11(16)14(10)8-5-9-12-6-7-13-9/h6-7H,1-5,8H2,(H,12,13). The average molecular weight is 221 g/mol. The molecule has 86 valence electrons. The van der Waals surface area contributed by atoms with Gasteiger partial charge in [0, 0.05) is 38.2 Å². The smallest absolute Gasteiger partial charge is 0.229 e. The molecule has 0 saturated carbocycles. The summed E-state index contributed by atoms with van der Waals surface area (Å²) in [7, 11) is 0. The number of aromatic amines is 1. The van der Waals surface area contributed by atoms with Gasteiger partial charge in [0.1, 0.15) is 5.82 Å². The number of amides is 2. The Morgan fingerprint density at radius 3 is 2.50 bits per heavy atom. The molecule has 1 aliphatic heterocycles. The zero-order chi connectivity index (χ0) is 11.4. The fraction of sp³-hybridized carbons (Fsp3) is 0.545. The van der Waals surface area contributed by atoms with Gasteiger partial charge in [-0.2, -0.15) is 0 Å². The van der Waals surface area contributed by atoms with Gasteiger partial charge in [-0.05, 0) is 12.8 Å². The van der Waals surface area contributed by atoms with Crippen molar-refractivity contribution < 1.29 is 9.59 Å². The number of hydrogen-bond acceptors (Lipinski definition) is 3. The number of likely N-dealkylation sites (tertiary alicyclic amines) is 1. The highest BCUT2D eigenvalue weighted by Gasteiger charge is 2.23. The molecule has 2 rings (SSSR count). The molecule has 5 nitrogen and oxygen atoms in total. The lowest BCUT2D eigenvalue weighted by atomic mass is 10.2. The summed E-state index contributed by atoms with van der Waals surface area (Å²) in [5.41, 5.74) is 0. The van der Waals surface area contributed by atoms with Crippen LogP contribution in [0.4, 0.5) is 0 Å². The van der Waals surface area contributed by atoms with E-state index in [1.54, 1.807) is 12.4 Å². The van der Waals surface area contributed by atoms with Crippen LogP contribution < -0.4 is 0 Å². The number of aromatic nitrogens is 2. The Balaban J connectivity index is 1.95. The number of imidazole rings is 1. The van der Waals surface area contributed by atoms with E-state index in [0.29, 0.717) is 25.8 Å². The lowest BCUT2D eigenvalue weighted by Gasteiger charge is -2.17.